The van der Waals surface area contributed by atoms with Crippen molar-refractivity contribution in [1.82, 2.24) is 9.97 Å². The second-order valence-corrected chi connectivity index (χ2v) is 4.49. The maximum absolute atomic E-state index is 9.11. The summed E-state index contributed by atoms with van der Waals surface area (Å²) in [6, 6.07) is 0.353. The summed E-state index contributed by atoms with van der Waals surface area (Å²) in [5.74, 6) is 1.02. The fourth-order valence-electron chi connectivity index (χ4n) is 2.31. The molecule has 0 bridgehead atoms. The Hall–Kier alpha value is -1.16. The zero-order valence-electron chi connectivity index (χ0n) is 9.98. The van der Waals surface area contributed by atoms with Gasteiger partial charge >= 0.3 is 0 Å². The Morgan fingerprint density at radius 1 is 1.38 bits per heavy atom. The Morgan fingerprint density at radius 3 is 2.88 bits per heavy atom. The summed E-state index contributed by atoms with van der Waals surface area (Å²) in [7, 11) is 0. The van der Waals surface area contributed by atoms with Crippen LogP contribution < -0.4 is 4.90 Å². The molecule has 16 heavy (non-hydrogen) atoms. The average molecular weight is 221 g/mol. The van der Waals surface area contributed by atoms with Gasteiger partial charge in [0.1, 0.15) is 12.1 Å². The summed E-state index contributed by atoms with van der Waals surface area (Å²) in [6.07, 6.45) is 4.95. The quantitative estimate of drug-likeness (QED) is 0.829. The number of aromatic nitrogens is 2. The Morgan fingerprint density at radius 2 is 2.19 bits per heavy atom. The van der Waals surface area contributed by atoms with Crippen molar-refractivity contribution in [3.8, 4) is 0 Å². The van der Waals surface area contributed by atoms with E-state index in [2.05, 4.69) is 28.7 Å². The molecular formula is C12H19N3O. The van der Waals surface area contributed by atoms with E-state index in [1.54, 1.807) is 6.33 Å². The van der Waals surface area contributed by atoms with Crippen LogP contribution in [0.15, 0.2) is 6.33 Å². The highest BCUT2D eigenvalue weighted by Gasteiger charge is 2.21. The van der Waals surface area contributed by atoms with Crippen LogP contribution in [-0.2, 0) is 12.8 Å². The summed E-state index contributed by atoms with van der Waals surface area (Å²) in [5, 5.41) is 9.11. The maximum Gasteiger partial charge on any atom is 0.135 e. The van der Waals surface area contributed by atoms with Crippen molar-refractivity contribution >= 4 is 5.82 Å². The fourth-order valence-corrected chi connectivity index (χ4v) is 2.31. The number of aliphatic hydroxyl groups is 1. The molecule has 0 radical (unpaired) electrons. The van der Waals surface area contributed by atoms with E-state index in [1.165, 1.54) is 17.7 Å². The van der Waals surface area contributed by atoms with Crippen molar-refractivity contribution < 1.29 is 5.11 Å². The van der Waals surface area contributed by atoms with Gasteiger partial charge in [0.05, 0.1) is 6.61 Å². The maximum atomic E-state index is 9.11. The van der Waals surface area contributed by atoms with E-state index >= 15 is 0 Å². The predicted molar refractivity (Wildman–Crippen MR) is 63.6 cm³/mol. The third kappa shape index (κ3) is 2.02. The van der Waals surface area contributed by atoms with Gasteiger partial charge in [-0.15, -0.1) is 0 Å². The molecule has 0 saturated heterocycles. The summed E-state index contributed by atoms with van der Waals surface area (Å²) >= 11 is 0. The van der Waals surface area contributed by atoms with Crippen molar-refractivity contribution in [2.45, 2.75) is 39.2 Å². The van der Waals surface area contributed by atoms with Crippen LogP contribution in [0.3, 0.4) is 0 Å². The standard InChI is InChI=1S/C12H19N3O/c1-9(2)15(6-7-16)12-10-4-3-5-11(10)13-8-14-12/h8-9,16H,3-7H2,1-2H3. The highest BCUT2D eigenvalue weighted by molar-refractivity contribution is 5.51. The molecule has 2 rings (SSSR count). The SMILES string of the molecule is CC(C)N(CCO)c1ncnc2c1CCC2. The highest BCUT2D eigenvalue weighted by atomic mass is 16.3. The van der Waals surface area contributed by atoms with E-state index < -0.39 is 0 Å². The molecule has 0 amide bonds. The van der Waals surface area contributed by atoms with Crippen LogP contribution in [0.25, 0.3) is 0 Å². The zero-order valence-corrected chi connectivity index (χ0v) is 9.98. The molecule has 1 heterocycles. The molecule has 1 aromatic heterocycles. The first kappa shape index (κ1) is 11.3. The van der Waals surface area contributed by atoms with E-state index in [0.717, 1.165) is 18.7 Å². The molecule has 0 atom stereocenters. The lowest BCUT2D eigenvalue weighted by atomic mass is 10.2. The number of hydrogen-bond donors (Lipinski definition) is 1. The molecule has 0 fully saturated rings. The van der Waals surface area contributed by atoms with Gasteiger partial charge in [0.2, 0.25) is 0 Å². The first-order valence-electron chi connectivity index (χ1n) is 5.94. The molecule has 0 spiro atoms. The van der Waals surface area contributed by atoms with E-state index in [4.69, 9.17) is 5.11 Å². The van der Waals surface area contributed by atoms with Crippen molar-refractivity contribution in [2.75, 3.05) is 18.1 Å². The summed E-state index contributed by atoms with van der Waals surface area (Å²) in [5.41, 5.74) is 2.47. The lowest BCUT2D eigenvalue weighted by molar-refractivity contribution is 0.298. The average Bonchev–Trinajstić information content (AvgIpc) is 2.73. The van der Waals surface area contributed by atoms with Crippen LogP contribution in [0.1, 0.15) is 31.5 Å². The van der Waals surface area contributed by atoms with Crippen molar-refractivity contribution in [2.24, 2.45) is 0 Å². The Bertz CT molecular complexity index is 365. The molecule has 0 unspecified atom stereocenters. The van der Waals surface area contributed by atoms with Crippen molar-refractivity contribution in [1.29, 1.82) is 0 Å². The van der Waals surface area contributed by atoms with Crippen molar-refractivity contribution in [3.63, 3.8) is 0 Å². The zero-order chi connectivity index (χ0) is 11.5. The largest absolute Gasteiger partial charge is 0.395 e. The van der Waals surface area contributed by atoms with Gasteiger partial charge in [0, 0.05) is 23.8 Å². The van der Waals surface area contributed by atoms with Crippen LogP contribution in [0, 0.1) is 0 Å². The number of anilines is 1. The highest BCUT2D eigenvalue weighted by Crippen LogP contribution is 2.28. The summed E-state index contributed by atoms with van der Waals surface area (Å²) < 4.78 is 0. The molecule has 0 aliphatic heterocycles. The van der Waals surface area contributed by atoms with E-state index in [9.17, 15) is 0 Å². The van der Waals surface area contributed by atoms with Crippen LogP contribution in [0.5, 0.6) is 0 Å². The van der Waals surface area contributed by atoms with Crippen molar-refractivity contribution in [3.05, 3.63) is 17.6 Å². The van der Waals surface area contributed by atoms with Gasteiger partial charge in [0.25, 0.3) is 0 Å². The van der Waals surface area contributed by atoms with Crippen LogP contribution >= 0.6 is 0 Å². The molecule has 1 aromatic rings. The lowest BCUT2D eigenvalue weighted by Crippen LogP contribution is -2.35. The van der Waals surface area contributed by atoms with E-state index in [0.29, 0.717) is 12.6 Å². The third-order valence-corrected chi connectivity index (χ3v) is 3.09. The molecule has 1 aliphatic carbocycles. The minimum atomic E-state index is 0.164. The topological polar surface area (TPSA) is 49.2 Å². The van der Waals surface area contributed by atoms with Crippen LogP contribution in [-0.4, -0.2) is 34.3 Å². The van der Waals surface area contributed by atoms with Gasteiger partial charge < -0.3 is 10.0 Å². The van der Waals surface area contributed by atoms with Gasteiger partial charge in [-0.25, -0.2) is 9.97 Å². The molecule has 4 nitrogen and oxygen atoms in total. The number of rotatable bonds is 4. The molecular weight excluding hydrogens is 202 g/mol. The molecule has 1 N–H and O–H groups in total. The monoisotopic (exact) mass is 221 g/mol. The van der Waals surface area contributed by atoms with E-state index in [1.807, 2.05) is 0 Å². The second-order valence-electron chi connectivity index (χ2n) is 4.49. The molecule has 1 aliphatic rings. The summed E-state index contributed by atoms with van der Waals surface area (Å²) in [6.45, 7) is 5.05. The van der Waals surface area contributed by atoms with Gasteiger partial charge in [-0.05, 0) is 33.1 Å². The van der Waals surface area contributed by atoms with Gasteiger partial charge in [-0.1, -0.05) is 0 Å². The Labute approximate surface area is 96.3 Å². The Balaban J connectivity index is 2.34. The number of aliphatic hydroxyl groups excluding tert-OH is 1. The Kier molecular flexibility index (Phi) is 3.39. The third-order valence-electron chi connectivity index (χ3n) is 3.09. The molecule has 0 aromatic carbocycles. The molecule has 4 heteroatoms. The van der Waals surface area contributed by atoms with E-state index in [-0.39, 0.29) is 6.61 Å². The van der Waals surface area contributed by atoms with Crippen LogP contribution in [0.2, 0.25) is 0 Å². The second kappa shape index (κ2) is 4.78. The smallest absolute Gasteiger partial charge is 0.135 e. The number of fused-ring (bicyclic) bond motifs is 1. The fraction of sp³-hybridized carbons (Fsp3) is 0.667. The summed E-state index contributed by atoms with van der Waals surface area (Å²) in [4.78, 5) is 10.9. The molecule has 88 valence electrons. The van der Waals surface area contributed by atoms with Gasteiger partial charge in [0.15, 0.2) is 0 Å². The number of hydrogen-bond acceptors (Lipinski definition) is 4. The predicted octanol–water partition coefficient (Wildman–Crippen LogP) is 1.17. The minimum Gasteiger partial charge on any atom is -0.395 e. The normalized spacial score (nSPS) is 14.2. The minimum absolute atomic E-state index is 0.164. The molecule has 0 saturated carbocycles. The first-order valence-corrected chi connectivity index (χ1v) is 5.94. The first-order chi connectivity index (χ1) is 7.74. The van der Waals surface area contributed by atoms with Gasteiger partial charge in [-0.2, -0.15) is 0 Å². The lowest BCUT2D eigenvalue weighted by Gasteiger charge is -2.28. The number of nitrogens with zero attached hydrogens (tertiary/aromatic N) is 3. The number of aryl methyl sites for hydroxylation is 1. The van der Waals surface area contributed by atoms with Gasteiger partial charge in [-0.3, -0.25) is 0 Å². The van der Waals surface area contributed by atoms with Crippen LogP contribution in [0.4, 0.5) is 5.82 Å².